The van der Waals surface area contributed by atoms with Crippen molar-refractivity contribution in [1.29, 1.82) is 0 Å². The Bertz CT molecular complexity index is 492. The van der Waals surface area contributed by atoms with Crippen LogP contribution in [0.4, 0.5) is 0 Å². The van der Waals surface area contributed by atoms with Gasteiger partial charge in [0.2, 0.25) is 0 Å². The molecule has 2 aliphatic carbocycles. The Hall–Kier alpha value is -1.16. The number of Topliss-reactive ketones (excluding diaryl/α,β-unsaturated/α-hetero) is 1. The number of rotatable bonds is 4. The fourth-order valence-electron chi connectivity index (χ4n) is 4.02. The van der Waals surface area contributed by atoms with Crippen molar-refractivity contribution in [2.45, 2.75) is 45.1 Å². The molecule has 2 saturated carbocycles. The lowest BCUT2D eigenvalue weighted by atomic mass is 9.81. The quantitative estimate of drug-likeness (QED) is 0.892. The van der Waals surface area contributed by atoms with E-state index in [2.05, 4.69) is 18.1 Å². The zero-order chi connectivity index (χ0) is 13.6. The van der Waals surface area contributed by atoms with Gasteiger partial charge in [-0.25, -0.2) is 0 Å². The number of hydrogen-bond donors (Lipinski definition) is 1. The number of carbonyl (C=O) groups excluding carboxylic acids is 1. The number of aryl methyl sites for hydroxylation is 2. The highest BCUT2D eigenvalue weighted by Gasteiger charge is 2.48. The molecular formula is C15H23N3O. The van der Waals surface area contributed by atoms with Crippen LogP contribution in [-0.4, -0.2) is 21.6 Å². The van der Waals surface area contributed by atoms with E-state index in [-0.39, 0.29) is 12.0 Å². The fourth-order valence-corrected chi connectivity index (χ4v) is 4.02. The van der Waals surface area contributed by atoms with Crippen molar-refractivity contribution in [1.82, 2.24) is 9.78 Å². The fraction of sp³-hybridized carbons (Fsp3) is 0.733. The SMILES string of the molecule is CCc1cc(CC(=O)C2C3CCC(C3)C2N)n(C)n1. The third-order valence-corrected chi connectivity index (χ3v) is 5.10. The molecule has 3 rings (SSSR count). The molecule has 4 heteroatoms. The van der Waals surface area contributed by atoms with Crippen molar-refractivity contribution in [3.63, 3.8) is 0 Å². The van der Waals surface area contributed by atoms with Crippen LogP contribution in [0.3, 0.4) is 0 Å². The van der Waals surface area contributed by atoms with Crippen LogP contribution in [-0.2, 0) is 24.7 Å². The highest BCUT2D eigenvalue weighted by atomic mass is 16.1. The Labute approximate surface area is 114 Å². The van der Waals surface area contributed by atoms with E-state index < -0.39 is 0 Å². The number of aromatic nitrogens is 2. The Kier molecular flexibility index (Phi) is 3.21. The number of fused-ring (bicyclic) bond motifs is 2. The van der Waals surface area contributed by atoms with Crippen LogP contribution in [0.25, 0.3) is 0 Å². The van der Waals surface area contributed by atoms with Crippen molar-refractivity contribution in [2.75, 3.05) is 0 Å². The van der Waals surface area contributed by atoms with Crippen LogP contribution >= 0.6 is 0 Å². The van der Waals surface area contributed by atoms with Crippen LogP contribution in [0.2, 0.25) is 0 Å². The second kappa shape index (κ2) is 4.75. The van der Waals surface area contributed by atoms with Gasteiger partial charge in [0.05, 0.1) is 5.69 Å². The summed E-state index contributed by atoms with van der Waals surface area (Å²) in [5.41, 5.74) is 8.33. The average Bonchev–Trinajstić information content (AvgIpc) is 3.04. The summed E-state index contributed by atoms with van der Waals surface area (Å²) in [5, 5.41) is 4.41. The zero-order valence-electron chi connectivity index (χ0n) is 11.8. The summed E-state index contributed by atoms with van der Waals surface area (Å²) in [4.78, 5) is 12.5. The molecular weight excluding hydrogens is 238 g/mol. The Morgan fingerprint density at radius 3 is 2.79 bits per heavy atom. The molecule has 0 radical (unpaired) electrons. The maximum absolute atomic E-state index is 12.5. The number of nitrogens with zero attached hydrogens (tertiary/aromatic N) is 2. The number of ketones is 1. The van der Waals surface area contributed by atoms with E-state index in [1.54, 1.807) is 0 Å². The molecule has 0 aromatic carbocycles. The van der Waals surface area contributed by atoms with Crippen molar-refractivity contribution < 1.29 is 4.79 Å². The first kappa shape index (κ1) is 12.9. The summed E-state index contributed by atoms with van der Waals surface area (Å²) in [5.74, 6) is 1.56. The van der Waals surface area contributed by atoms with Crippen molar-refractivity contribution in [2.24, 2.45) is 30.5 Å². The number of hydrogen-bond acceptors (Lipinski definition) is 3. The molecule has 0 saturated heterocycles. The van der Waals surface area contributed by atoms with Gasteiger partial charge >= 0.3 is 0 Å². The molecule has 1 heterocycles. The molecule has 4 atom stereocenters. The zero-order valence-corrected chi connectivity index (χ0v) is 11.8. The highest BCUT2D eigenvalue weighted by molar-refractivity contribution is 5.84. The van der Waals surface area contributed by atoms with Crippen molar-refractivity contribution >= 4 is 5.78 Å². The minimum absolute atomic E-state index is 0.0960. The molecule has 2 fully saturated rings. The van der Waals surface area contributed by atoms with E-state index >= 15 is 0 Å². The van der Waals surface area contributed by atoms with Crippen LogP contribution in [0.1, 0.15) is 37.6 Å². The first-order valence-electron chi connectivity index (χ1n) is 7.40. The second-order valence-electron chi connectivity index (χ2n) is 6.18. The minimum Gasteiger partial charge on any atom is -0.327 e. The van der Waals surface area contributed by atoms with Gasteiger partial charge < -0.3 is 5.73 Å². The molecule has 0 spiro atoms. The van der Waals surface area contributed by atoms with E-state index in [0.29, 0.717) is 24.0 Å². The first-order valence-corrected chi connectivity index (χ1v) is 7.40. The molecule has 2 aliphatic rings. The molecule has 2 bridgehead atoms. The third kappa shape index (κ3) is 2.12. The van der Waals surface area contributed by atoms with E-state index in [1.165, 1.54) is 19.3 Å². The van der Waals surface area contributed by atoms with E-state index in [0.717, 1.165) is 17.8 Å². The second-order valence-corrected chi connectivity index (χ2v) is 6.18. The Morgan fingerprint density at radius 2 is 2.21 bits per heavy atom. The minimum atomic E-state index is 0.0960. The van der Waals surface area contributed by atoms with Crippen LogP contribution < -0.4 is 5.73 Å². The standard InChI is InChI=1S/C15H23N3O/c1-3-11-7-12(18(2)17-11)8-13(19)14-9-4-5-10(6-9)15(14)16/h7,9-10,14-15H,3-6,8,16H2,1-2H3. The van der Waals surface area contributed by atoms with E-state index in [4.69, 9.17) is 5.73 Å². The molecule has 1 aromatic rings. The monoisotopic (exact) mass is 261 g/mol. The lowest BCUT2D eigenvalue weighted by Crippen LogP contribution is -2.41. The Morgan fingerprint density at radius 1 is 1.47 bits per heavy atom. The van der Waals surface area contributed by atoms with E-state index in [1.807, 2.05) is 11.7 Å². The predicted octanol–water partition coefficient (Wildman–Crippen LogP) is 1.47. The molecule has 19 heavy (non-hydrogen) atoms. The van der Waals surface area contributed by atoms with Gasteiger partial charge in [-0.2, -0.15) is 5.10 Å². The topological polar surface area (TPSA) is 60.9 Å². The van der Waals surface area contributed by atoms with Crippen molar-refractivity contribution in [3.05, 3.63) is 17.5 Å². The van der Waals surface area contributed by atoms with Crippen LogP contribution in [0.15, 0.2) is 6.07 Å². The van der Waals surface area contributed by atoms with Gasteiger partial charge in [0, 0.05) is 31.1 Å². The molecule has 4 unspecified atom stereocenters. The smallest absolute Gasteiger partial charge is 0.143 e. The molecule has 0 amide bonds. The maximum Gasteiger partial charge on any atom is 0.143 e. The largest absolute Gasteiger partial charge is 0.327 e. The Balaban J connectivity index is 1.73. The molecule has 4 nitrogen and oxygen atoms in total. The number of nitrogens with two attached hydrogens (primary N) is 1. The van der Waals surface area contributed by atoms with Gasteiger partial charge in [-0.15, -0.1) is 0 Å². The first-order chi connectivity index (χ1) is 9.10. The summed E-state index contributed by atoms with van der Waals surface area (Å²) in [6, 6.07) is 2.15. The molecule has 1 aromatic heterocycles. The van der Waals surface area contributed by atoms with Gasteiger partial charge in [-0.3, -0.25) is 9.48 Å². The maximum atomic E-state index is 12.5. The summed E-state index contributed by atoms with van der Waals surface area (Å²) in [7, 11) is 1.92. The summed E-state index contributed by atoms with van der Waals surface area (Å²) in [6.45, 7) is 2.08. The summed E-state index contributed by atoms with van der Waals surface area (Å²) < 4.78 is 1.84. The predicted molar refractivity (Wildman–Crippen MR) is 73.6 cm³/mol. The molecule has 104 valence electrons. The van der Waals surface area contributed by atoms with Gasteiger partial charge in [0.15, 0.2) is 0 Å². The third-order valence-electron chi connectivity index (χ3n) is 5.10. The van der Waals surface area contributed by atoms with Gasteiger partial charge in [-0.05, 0) is 43.6 Å². The van der Waals surface area contributed by atoms with Crippen LogP contribution in [0.5, 0.6) is 0 Å². The normalized spacial score (nSPS) is 33.0. The average molecular weight is 261 g/mol. The van der Waals surface area contributed by atoms with Crippen molar-refractivity contribution in [3.8, 4) is 0 Å². The van der Waals surface area contributed by atoms with Crippen LogP contribution in [0, 0.1) is 17.8 Å². The van der Waals surface area contributed by atoms with E-state index in [9.17, 15) is 4.79 Å². The molecule has 2 N–H and O–H groups in total. The summed E-state index contributed by atoms with van der Waals surface area (Å²) in [6.07, 6.45) is 4.99. The van der Waals surface area contributed by atoms with Gasteiger partial charge in [-0.1, -0.05) is 6.92 Å². The van der Waals surface area contributed by atoms with Gasteiger partial charge in [0.25, 0.3) is 0 Å². The molecule has 0 aliphatic heterocycles. The lowest BCUT2D eigenvalue weighted by Gasteiger charge is -2.26. The summed E-state index contributed by atoms with van der Waals surface area (Å²) >= 11 is 0. The number of carbonyl (C=O) groups is 1. The van der Waals surface area contributed by atoms with Gasteiger partial charge in [0.1, 0.15) is 5.78 Å². The lowest BCUT2D eigenvalue weighted by molar-refractivity contribution is -0.124. The highest BCUT2D eigenvalue weighted by Crippen LogP contribution is 2.48.